The monoisotopic (exact) mass is 233 g/mol. The van der Waals surface area contributed by atoms with Crippen molar-refractivity contribution in [1.29, 1.82) is 0 Å². The average molecular weight is 233 g/mol. The highest BCUT2D eigenvalue weighted by molar-refractivity contribution is 5.80. The van der Waals surface area contributed by atoms with Gasteiger partial charge < -0.3 is 16.2 Å². The second-order valence-electron chi connectivity index (χ2n) is 3.51. The van der Waals surface area contributed by atoms with Gasteiger partial charge in [-0.1, -0.05) is 6.07 Å². The first-order valence-corrected chi connectivity index (χ1v) is 4.97. The molecule has 1 heterocycles. The molecule has 0 aliphatic heterocycles. The summed E-state index contributed by atoms with van der Waals surface area (Å²) in [7, 11) is 1.52. The van der Waals surface area contributed by atoms with Crippen LogP contribution in [0.1, 0.15) is 0 Å². The van der Waals surface area contributed by atoms with Crippen LogP contribution in [0.25, 0.3) is 11.1 Å². The number of hydrogen-bond donors (Lipinski definition) is 2. The van der Waals surface area contributed by atoms with E-state index < -0.39 is 5.82 Å². The van der Waals surface area contributed by atoms with Crippen molar-refractivity contribution in [3.05, 3.63) is 36.3 Å². The van der Waals surface area contributed by atoms with Crippen molar-refractivity contribution in [3.63, 3.8) is 0 Å². The molecule has 0 unspecified atom stereocenters. The Bertz CT molecular complexity index is 557. The molecule has 0 saturated heterocycles. The summed E-state index contributed by atoms with van der Waals surface area (Å²) in [4.78, 5) is 3.96. The van der Waals surface area contributed by atoms with E-state index in [2.05, 4.69) is 4.98 Å². The molecule has 0 spiro atoms. The van der Waals surface area contributed by atoms with E-state index in [0.717, 1.165) is 0 Å². The summed E-state index contributed by atoms with van der Waals surface area (Å²) in [6, 6.07) is 6.13. The smallest absolute Gasteiger partial charge is 0.146 e. The number of nitrogens with zero attached hydrogens (tertiary/aromatic N) is 1. The number of nitrogen functional groups attached to an aromatic ring is 2. The first-order valence-electron chi connectivity index (χ1n) is 4.97. The number of ether oxygens (including phenoxy) is 1. The highest BCUT2D eigenvalue weighted by Gasteiger charge is 2.12. The number of rotatable bonds is 2. The molecule has 0 amide bonds. The Morgan fingerprint density at radius 2 is 2.00 bits per heavy atom. The Morgan fingerprint density at radius 1 is 1.24 bits per heavy atom. The fraction of sp³-hybridized carbons (Fsp3) is 0.0833. The quantitative estimate of drug-likeness (QED) is 0.778. The van der Waals surface area contributed by atoms with Gasteiger partial charge >= 0.3 is 0 Å². The molecular weight excluding hydrogens is 221 g/mol. The topological polar surface area (TPSA) is 74.2 Å². The van der Waals surface area contributed by atoms with Crippen molar-refractivity contribution in [2.75, 3.05) is 18.6 Å². The van der Waals surface area contributed by atoms with Gasteiger partial charge in [-0.3, -0.25) is 0 Å². The standard InChI is InChI=1S/C12H12FN3O/c1-17-10-4-5-16-12(15)11(10)7-2-3-9(14)8(13)6-7/h2-6H,14H2,1H3,(H2,15,16). The summed E-state index contributed by atoms with van der Waals surface area (Å²) in [6.07, 6.45) is 1.53. The van der Waals surface area contributed by atoms with Crippen LogP contribution in [0.4, 0.5) is 15.9 Å². The van der Waals surface area contributed by atoms with Crippen LogP contribution in [0.2, 0.25) is 0 Å². The van der Waals surface area contributed by atoms with Gasteiger partial charge in [-0.25, -0.2) is 9.37 Å². The van der Waals surface area contributed by atoms with Crippen molar-refractivity contribution in [3.8, 4) is 16.9 Å². The lowest BCUT2D eigenvalue weighted by Crippen LogP contribution is -1.98. The molecule has 0 bridgehead atoms. The van der Waals surface area contributed by atoms with Crippen LogP contribution in [0.15, 0.2) is 30.5 Å². The lowest BCUT2D eigenvalue weighted by Gasteiger charge is -2.11. The number of aromatic nitrogens is 1. The van der Waals surface area contributed by atoms with Gasteiger partial charge in [0.05, 0.1) is 18.4 Å². The molecule has 1 aromatic heterocycles. The molecule has 4 nitrogen and oxygen atoms in total. The molecule has 0 saturated carbocycles. The zero-order valence-corrected chi connectivity index (χ0v) is 9.27. The molecule has 0 radical (unpaired) electrons. The molecule has 0 aliphatic rings. The summed E-state index contributed by atoms with van der Waals surface area (Å²) in [6.45, 7) is 0. The van der Waals surface area contributed by atoms with Gasteiger partial charge in [0.15, 0.2) is 0 Å². The Morgan fingerprint density at radius 3 is 2.65 bits per heavy atom. The summed E-state index contributed by atoms with van der Waals surface area (Å²) < 4.78 is 18.6. The van der Waals surface area contributed by atoms with E-state index in [9.17, 15) is 4.39 Å². The number of nitrogens with two attached hydrogens (primary N) is 2. The van der Waals surface area contributed by atoms with Crippen LogP contribution >= 0.6 is 0 Å². The van der Waals surface area contributed by atoms with Gasteiger partial charge in [-0.15, -0.1) is 0 Å². The summed E-state index contributed by atoms with van der Waals surface area (Å²) in [5.41, 5.74) is 12.4. The number of halogens is 1. The third-order valence-electron chi connectivity index (χ3n) is 2.45. The van der Waals surface area contributed by atoms with E-state index in [0.29, 0.717) is 16.9 Å². The fourth-order valence-corrected chi connectivity index (χ4v) is 1.60. The van der Waals surface area contributed by atoms with E-state index in [1.165, 1.54) is 25.4 Å². The Labute approximate surface area is 98.0 Å². The summed E-state index contributed by atoms with van der Waals surface area (Å²) in [5.74, 6) is 0.336. The predicted molar refractivity (Wildman–Crippen MR) is 65.0 cm³/mol. The van der Waals surface area contributed by atoms with Crippen LogP contribution in [-0.4, -0.2) is 12.1 Å². The molecule has 4 N–H and O–H groups in total. The zero-order chi connectivity index (χ0) is 12.4. The van der Waals surface area contributed by atoms with Gasteiger partial charge in [-0.05, 0) is 23.8 Å². The maximum absolute atomic E-state index is 13.4. The number of methoxy groups -OCH3 is 1. The lowest BCUT2D eigenvalue weighted by molar-refractivity contribution is 0.416. The zero-order valence-electron chi connectivity index (χ0n) is 9.27. The molecule has 88 valence electrons. The number of pyridine rings is 1. The van der Waals surface area contributed by atoms with Crippen LogP contribution in [0.3, 0.4) is 0 Å². The third-order valence-corrected chi connectivity index (χ3v) is 2.45. The maximum atomic E-state index is 13.4. The van der Waals surface area contributed by atoms with Crippen LogP contribution in [-0.2, 0) is 0 Å². The van der Waals surface area contributed by atoms with Crippen LogP contribution < -0.4 is 16.2 Å². The molecule has 2 rings (SSSR count). The van der Waals surface area contributed by atoms with Crippen molar-refractivity contribution < 1.29 is 9.13 Å². The van der Waals surface area contributed by atoms with Gasteiger partial charge in [0.1, 0.15) is 17.4 Å². The van der Waals surface area contributed by atoms with Crippen molar-refractivity contribution in [2.45, 2.75) is 0 Å². The minimum atomic E-state index is -0.493. The SMILES string of the molecule is COc1ccnc(N)c1-c1ccc(N)c(F)c1. The molecule has 0 atom stereocenters. The largest absolute Gasteiger partial charge is 0.496 e. The molecule has 0 fully saturated rings. The fourth-order valence-electron chi connectivity index (χ4n) is 1.60. The third kappa shape index (κ3) is 1.99. The normalized spacial score (nSPS) is 10.2. The van der Waals surface area contributed by atoms with Crippen LogP contribution in [0.5, 0.6) is 5.75 Å². The molecule has 2 aromatic rings. The van der Waals surface area contributed by atoms with E-state index in [-0.39, 0.29) is 11.5 Å². The second kappa shape index (κ2) is 4.29. The number of benzene rings is 1. The molecule has 5 heteroatoms. The molecule has 17 heavy (non-hydrogen) atoms. The molecular formula is C12H12FN3O. The molecule has 0 aliphatic carbocycles. The minimum Gasteiger partial charge on any atom is -0.496 e. The van der Waals surface area contributed by atoms with Gasteiger partial charge in [0.2, 0.25) is 0 Å². The predicted octanol–water partition coefficient (Wildman–Crippen LogP) is 2.06. The lowest BCUT2D eigenvalue weighted by atomic mass is 10.0. The highest BCUT2D eigenvalue weighted by Crippen LogP contribution is 2.34. The Kier molecular flexibility index (Phi) is 2.82. The van der Waals surface area contributed by atoms with E-state index in [1.807, 2.05) is 0 Å². The van der Waals surface area contributed by atoms with E-state index in [1.54, 1.807) is 12.1 Å². The van der Waals surface area contributed by atoms with Crippen LogP contribution in [0, 0.1) is 5.82 Å². The first-order chi connectivity index (χ1) is 8.13. The Balaban J connectivity index is 2.63. The first kappa shape index (κ1) is 11.2. The van der Waals surface area contributed by atoms with Crippen molar-refractivity contribution >= 4 is 11.5 Å². The van der Waals surface area contributed by atoms with Crippen molar-refractivity contribution in [1.82, 2.24) is 4.98 Å². The van der Waals surface area contributed by atoms with Crippen molar-refractivity contribution in [2.24, 2.45) is 0 Å². The summed E-state index contributed by atoms with van der Waals surface area (Å²) in [5, 5.41) is 0. The summed E-state index contributed by atoms with van der Waals surface area (Å²) >= 11 is 0. The molecule has 1 aromatic carbocycles. The van der Waals surface area contributed by atoms with Gasteiger partial charge in [0, 0.05) is 6.20 Å². The Hall–Kier alpha value is -2.30. The number of anilines is 2. The average Bonchev–Trinajstić information content (AvgIpc) is 2.32. The highest BCUT2D eigenvalue weighted by atomic mass is 19.1. The van der Waals surface area contributed by atoms with Gasteiger partial charge in [0.25, 0.3) is 0 Å². The maximum Gasteiger partial charge on any atom is 0.146 e. The minimum absolute atomic E-state index is 0.0928. The van der Waals surface area contributed by atoms with Gasteiger partial charge in [-0.2, -0.15) is 0 Å². The van der Waals surface area contributed by atoms with E-state index in [4.69, 9.17) is 16.2 Å². The van der Waals surface area contributed by atoms with E-state index >= 15 is 0 Å². The number of hydrogen-bond acceptors (Lipinski definition) is 4. The second-order valence-corrected chi connectivity index (χ2v) is 3.51.